The first-order chi connectivity index (χ1) is 7.12. The number of rotatable bonds is 3. The number of hydrogen-bond donors (Lipinski definition) is 1. The number of carboxylic acids is 1. The number of aliphatic carboxylic acids is 1. The van der Waals surface area contributed by atoms with Gasteiger partial charge < -0.3 is 9.84 Å². The molecule has 86 valence electrons. The predicted octanol–water partition coefficient (Wildman–Crippen LogP) is 0.962. The zero-order valence-electron chi connectivity index (χ0n) is 9.24. The summed E-state index contributed by atoms with van der Waals surface area (Å²) < 4.78 is 5.31. The van der Waals surface area contributed by atoms with Gasteiger partial charge in [-0.05, 0) is 18.8 Å². The molecule has 0 aromatic rings. The van der Waals surface area contributed by atoms with Crippen molar-refractivity contribution in [2.24, 2.45) is 5.92 Å². The zero-order valence-corrected chi connectivity index (χ0v) is 9.24. The van der Waals surface area contributed by atoms with E-state index in [9.17, 15) is 4.79 Å². The summed E-state index contributed by atoms with van der Waals surface area (Å²) in [5.41, 5.74) is -0.0605. The summed E-state index contributed by atoms with van der Waals surface area (Å²) in [5, 5.41) is 8.97. The van der Waals surface area contributed by atoms with E-state index < -0.39 is 5.97 Å². The van der Waals surface area contributed by atoms with Crippen LogP contribution in [0.4, 0.5) is 0 Å². The lowest BCUT2D eigenvalue weighted by molar-refractivity contribution is -0.147. The van der Waals surface area contributed by atoms with E-state index in [-0.39, 0.29) is 12.0 Å². The monoisotopic (exact) mass is 213 g/mol. The molecule has 0 radical (unpaired) electrons. The molecule has 2 fully saturated rings. The third kappa shape index (κ3) is 2.16. The summed E-state index contributed by atoms with van der Waals surface area (Å²) in [7, 11) is 0. The van der Waals surface area contributed by atoms with E-state index in [0.29, 0.717) is 5.92 Å². The Morgan fingerprint density at radius 3 is 2.53 bits per heavy atom. The smallest absolute Gasteiger partial charge is 0.305 e. The van der Waals surface area contributed by atoms with Crippen molar-refractivity contribution in [2.75, 3.05) is 26.3 Å². The molecule has 1 saturated heterocycles. The highest BCUT2D eigenvalue weighted by molar-refractivity contribution is 5.68. The summed E-state index contributed by atoms with van der Waals surface area (Å²) in [6, 6.07) is 0. The van der Waals surface area contributed by atoms with Crippen LogP contribution < -0.4 is 0 Å². The fourth-order valence-electron chi connectivity index (χ4n) is 3.07. The normalized spacial score (nSPS) is 37.3. The standard InChI is InChI=1S/C11H19NO3/c1-9-6-11(7-9,8-10(13)14)12-2-4-15-5-3-12/h9H,2-8H2,1H3,(H,13,14). The van der Waals surface area contributed by atoms with Crippen LogP contribution in [0.1, 0.15) is 26.2 Å². The maximum Gasteiger partial charge on any atom is 0.305 e. The molecule has 0 atom stereocenters. The van der Waals surface area contributed by atoms with Crippen LogP contribution in [0.2, 0.25) is 0 Å². The summed E-state index contributed by atoms with van der Waals surface area (Å²) in [5.74, 6) is 0.000543. The number of carbonyl (C=O) groups is 1. The number of ether oxygens (including phenoxy) is 1. The van der Waals surface area contributed by atoms with Crippen LogP contribution in [0, 0.1) is 5.92 Å². The van der Waals surface area contributed by atoms with Crippen LogP contribution in [0.25, 0.3) is 0 Å². The lowest BCUT2D eigenvalue weighted by Gasteiger charge is -2.54. The Balaban J connectivity index is 2.01. The zero-order chi connectivity index (χ0) is 10.9. The van der Waals surface area contributed by atoms with Gasteiger partial charge in [0.25, 0.3) is 0 Å². The summed E-state index contributed by atoms with van der Waals surface area (Å²) >= 11 is 0. The van der Waals surface area contributed by atoms with Crippen molar-refractivity contribution < 1.29 is 14.6 Å². The van der Waals surface area contributed by atoms with Crippen LogP contribution in [-0.2, 0) is 9.53 Å². The topological polar surface area (TPSA) is 49.8 Å². The van der Waals surface area contributed by atoms with Crippen LogP contribution in [0.15, 0.2) is 0 Å². The van der Waals surface area contributed by atoms with Crippen molar-refractivity contribution in [3.63, 3.8) is 0 Å². The molecule has 1 aliphatic carbocycles. The number of hydrogen-bond acceptors (Lipinski definition) is 3. The highest BCUT2D eigenvalue weighted by Crippen LogP contribution is 2.44. The summed E-state index contributed by atoms with van der Waals surface area (Å²) in [4.78, 5) is 13.2. The first-order valence-electron chi connectivity index (χ1n) is 5.67. The average Bonchev–Trinajstić information content (AvgIpc) is 2.15. The van der Waals surface area contributed by atoms with Gasteiger partial charge in [-0.15, -0.1) is 0 Å². The Morgan fingerprint density at radius 2 is 2.07 bits per heavy atom. The average molecular weight is 213 g/mol. The molecular weight excluding hydrogens is 194 g/mol. The third-order valence-corrected chi connectivity index (χ3v) is 3.62. The molecule has 1 heterocycles. The van der Waals surface area contributed by atoms with E-state index in [1.807, 2.05) is 0 Å². The second kappa shape index (κ2) is 4.10. The van der Waals surface area contributed by atoms with Gasteiger partial charge in [0.15, 0.2) is 0 Å². The minimum atomic E-state index is -0.673. The highest BCUT2D eigenvalue weighted by Gasteiger charge is 2.48. The Bertz CT molecular complexity index is 242. The Hall–Kier alpha value is -0.610. The molecule has 0 bridgehead atoms. The molecule has 1 N–H and O–H groups in total. The molecule has 0 unspecified atom stereocenters. The van der Waals surface area contributed by atoms with Gasteiger partial charge in [0.2, 0.25) is 0 Å². The summed E-state index contributed by atoms with van der Waals surface area (Å²) in [6.45, 7) is 5.46. The van der Waals surface area contributed by atoms with Crippen LogP contribution in [-0.4, -0.2) is 47.8 Å². The fraction of sp³-hybridized carbons (Fsp3) is 0.909. The van der Waals surface area contributed by atoms with E-state index in [0.717, 1.165) is 39.1 Å². The SMILES string of the molecule is CC1CC(CC(=O)O)(N2CCOCC2)C1. The third-order valence-electron chi connectivity index (χ3n) is 3.62. The number of carboxylic acid groups (broad SMARTS) is 1. The second-order valence-electron chi connectivity index (χ2n) is 4.91. The quantitative estimate of drug-likeness (QED) is 0.758. The lowest BCUT2D eigenvalue weighted by atomic mass is 9.66. The Morgan fingerprint density at radius 1 is 1.47 bits per heavy atom. The van der Waals surface area contributed by atoms with Crippen molar-refractivity contribution in [1.29, 1.82) is 0 Å². The molecule has 1 saturated carbocycles. The van der Waals surface area contributed by atoms with Gasteiger partial charge >= 0.3 is 5.97 Å². The Labute approximate surface area is 90.2 Å². The molecule has 4 nitrogen and oxygen atoms in total. The number of nitrogens with zero attached hydrogens (tertiary/aromatic N) is 1. The van der Waals surface area contributed by atoms with Gasteiger partial charge in [0, 0.05) is 18.6 Å². The van der Waals surface area contributed by atoms with E-state index in [2.05, 4.69) is 11.8 Å². The van der Waals surface area contributed by atoms with Crippen molar-refractivity contribution in [2.45, 2.75) is 31.7 Å². The molecule has 0 spiro atoms. The van der Waals surface area contributed by atoms with Crippen LogP contribution >= 0.6 is 0 Å². The van der Waals surface area contributed by atoms with Crippen LogP contribution in [0.3, 0.4) is 0 Å². The maximum atomic E-state index is 10.9. The Kier molecular flexibility index (Phi) is 2.98. The molecule has 0 aromatic carbocycles. The van der Waals surface area contributed by atoms with E-state index in [1.54, 1.807) is 0 Å². The van der Waals surface area contributed by atoms with Crippen LogP contribution in [0.5, 0.6) is 0 Å². The first kappa shape index (κ1) is 10.9. The van der Waals surface area contributed by atoms with Crippen molar-refractivity contribution >= 4 is 5.97 Å². The van der Waals surface area contributed by atoms with Crippen molar-refractivity contribution in [1.82, 2.24) is 4.90 Å². The predicted molar refractivity (Wildman–Crippen MR) is 55.8 cm³/mol. The van der Waals surface area contributed by atoms with Crippen molar-refractivity contribution in [3.05, 3.63) is 0 Å². The molecule has 15 heavy (non-hydrogen) atoms. The van der Waals surface area contributed by atoms with Gasteiger partial charge in [-0.2, -0.15) is 0 Å². The first-order valence-corrected chi connectivity index (χ1v) is 5.67. The lowest BCUT2D eigenvalue weighted by Crippen LogP contribution is -2.60. The minimum Gasteiger partial charge on any atom is -0.481 e. The second-order valence-corrected chi connectivity index (χ2v) is 4.91. The van der Waals surface area contributed by atoms with Gasteiger partial charge in [0.05, 0.1) is 19.6 Å². The maximum absolute atomic E-state index is 10.9. The molecule has 4 heteroatoms. The van der Waals surface area contributed by atoms with Gasteiger partial charge in [-0.3, -0.25) is 9.69 Å². The fourth-order valence-corrected chi connectivity index (χ4v) is 3.07. The highest BCUT2D eigenvalue weighted by atomic mass is 16.5. The molecule has 0 aromatic heterocycles. The van der Waals surface area contributed by atoms with Gasteiger partial charge in [-0.25, -0.2) is 0 Å². The van der Waals surface area contributed by atoms with E-state index in [4.69, 9.17) is 9.84 Å². The summed E-state index contributed by atoms with van der Waals surface area (Å²) in [6.07, 6.45) is 2.34. The molecule has 2 aliphatic rings. The van der Waals surface area contributed by atoms with Gasteiger partial charge in [-0.1, -0.05) is 6.92 Å². The van der Waals surface area contributed by atoms with E-state index >= 15 is 0 Å². The van der Waals surface area contributed by atoms with Gasteiger partial charge in [0.1, 0.15) is 0 Å². The number of morpholine rings is 1. The molecular formula is C11H19NO3. The van der Waals surface area contributed by atoms with E-state index in [1.165, 1.54) is 0 Å². The largest absolute Gasteiger partial charge is 0.481 e. The minimum absolute atomic E-state index is 0.0605. The molecule has 1 aliphatic heterocycles. The molecule has 0 amide bonds. The molecule has 2 rings (SSSR count). The van der Waals surface area contributed by atoms with Crippen molar-refractivity contribution in [3.8, 4) is 0 Å².